The van der Waals surface area contributed by atoms with E-state index in [0.717, 1.165) is 32.4 Å². The van der Waals surface area contributed by atoms with Gasteiger partial charge in [0.15, 0.2) is 0 Å². The van der Waals surface area contributed by atoms with E-state index in [1.54, 1.807) is 0 Å². The van der Waals surface area contributed by atoms with E-state index >= 15 is 0 Å². The molecule has 20 heavy (non-hydrogen) atoms. The molecule has 0 amide bonds. The number of likely N-dealkylation sites (tertiary alicyclic amines) is 2. The summed E-state index contributed by atoms with van der Waals surface area (Å²) in [5.41, 5.74) is -0.488. The number of rotatable bonds is 1. The highest BCUT2D eigenvalue weighted by molar-refractivity contribution is 5.80. The molecule has 0 bridgehead atoms. The molecule has 3 saturated heterocycles. The normalized spacial score (nSPS) is 36.5. The summed E-state index contributed by atoms with van der Waals surface area (Å²) in [7, 11) is 2.20. The van der Waals surface area contributed by atoms with Gasteiger partial charge in [0, 0.05) is 19.0 Å². The third-order valence-electron chi connectivity index (χ3n) is 5.38. The number of carbonyl (C=O) groups is 1. The van der Waals surface area contributed by atoms with Crippen molar-refractivity contribution >= 4 is 5.97 Å². The fourth-order valence-corrected chi connectivity index (χ4v) is 4.43. The van der Waals surface area contributed by atoms with E-state index < -0.39 is 0 Å². The molecule has 0 N–H and O–H groups in total. The number of cyclic esters (lactones) is 1. The predicted octanol–water partition coefficient (Wildman–Crippen LogP) is 1.89. The molecule has 1 unspecified atom stereocenters. The van der Waals surface area contributed by atoms with Crippen molar-refractivity contribution in [1.29, 1.82) is 0 Å². The first-order valence-corrected chi connectivity index (χ1v) is 8.06. The molecule has 3 aliphatic heterocycles. The lowest BCUT2D eigenvalue weighted by Gasteiger charge is -2.44. The number of carbonyl (C=O) groups excluding carboxylic acids is 1. The standard InChI is InChI=1S/C16H28N2O2/c1-15(2)11-16(14(19)20-15)7-4-8-18(12-16)13-5-9-17(3)10-6-13/h13H,4-12H2,1-3H3. The molecule has 3 aliphatic rings. The molecule has 0 aliphatic carbocycles. The summed E-state index contributed by atoms with van der Waals surface area (Å²) in [6.07, 6.45) is 5.52. The first kappa shape index (κ1) is 14.3. The molecule has 0 aromatic rings. The molecular formula is C16H28N2O2. The molecule has 1 spiro atoms. The van der Waals surface area contributed by atoms with Crippen LogP contribution in [0.3, 0.4) is 0 Å². The number of piperidine rings is 2. The first-order chi connectivity index (χ1) is 9.40. The minimum Gasteiger partial charge on any atom is -0.459 e. The largest absolute Gasteiger partial charge is 0.459 e. The Balaban J connectivity index is 1.69. The molecule has 114 valence electrons. The van der Waals surface area contributed by atoms with Gasteiger partial charge in [0.25, 0.3) is 0 Å². The van der Waals surface area contributed by atoms with Crippen molar-refractivity contribution in [2.75, 3.05) is 33.2 Å². The average Bonchev–Trinajstić information content (AvgIpc) is 2.59. The van der Waals surface area contributed by atoms with Crippen LogP contribution in [0, 0.1) is 5.41 Å². The fourth-order valence-electron chi connectivity index (χ4n) is 4.43. The molecule has 0 radical (unpaired) electrons. The third-order valence-corrected chi connectivity index (χ3v) is 5.38. The number of ether oxygens (including phenoxy) is 1. The molecule has 3 heterocycles. The van der Waals surface area contributed by atoms with Crippen molar-refractivity contribution in [2.24, 2.45) is 5.41 Å². The van der Waals surface area contributed by atoms with Crippen LogP contribution in [0.1, 0.15) is 46.0 Å². The van der Waals surface area contributed by atoms with Crippen LogP contribution >= 0.6 is 0 Å². The van der Waals surface area contributed by atoms with Crippen LogP contribution in [-0.2, 0) is 9.53 Å². The van der Waals surface area contributed by atoms with Gasteiger partial charge in [-0.05, 0) is 66.2 Å². The van der Waals surface area contributed by atoms with E-state index in [2.05, 4.69) is 16.8 Å². The van der Waals surface area contributed by atoms with Gasteiger partial charge in [-0.2, -0.15) is 0 Å². The number of hydrogen-bond donors (Lipinski definition) is 0. The quantitative estimate of drug-likeness (QED) is 0.687. The molecule has 0 saturated carbocycles. The summed E-state index contributed by atoms with van der Waals surface area (Å²) in [5, 5.41) is 0. The molecule has 3 rings (SSSR count). The summed E-state index contributed by atoms with van der Waals surface area (Å²) in [6, 6.07) is 0.667. The summed E-state index contributed by atoms with van der Waals surface area (Å²) < 4.78 is 5.62. The maximum atomic E-state index is 12.4. The molecule has 4 nitrogen and oxygen atoms in total. The van der Waals surface area contributed by atoms with E-state index in [0.29, 0.717) is 6.04 Å². The summed E-state index contributed by atoms with van der Waals surface area (Å²) in [6.45, 7) is 8.55. The Morgan fingerprint density at radius 2 is 1.90 bits per heavy atom. The zero-order valence-electron chi connectivity index (χ0n) is 13.2. The number of nitrogens with zero attached hydrogens (tertiary/aromatic N) is 2. The zero-order valence-corrected chi connectivity index (χ0v) is 13.2. The lowest BCUT2D eigenvalue weighted by Crippen LogP contribution is -2.52. The Hall–Kier alpha value is -0.610. The van der Waals surface area contributed by atoms with E-state index in [4.69, 9.17) is 4.74 Å². The Bertz CT molecular complexity index is 388. The van der Waals surface area contributed by atoms with Gasteiger partial charge in [-0.25, -0.2) is 0 Å². The lowest BCUT2D eigenvalue weighted by atomic mass is 9.74. The molecule has 0 aromatic carbocycles. The first-order valence-electron chi connectivity index (χ1n) is 8.06. The monoisotopic (exact) mass is 280 g/mol. The van der Waals surface area contributed by atoms with Crippen molar-refractivity contribution in [3.63, 3.8) is 0 Å². The van der Waals surface area contributed by atoms with E-state index in [-0.39, 0.29) is 17.0 Å². The smallest absolute Gasteiger partial charge is 0.314 e. The van der Waals surface area contributed by atoms with Gasteiger partial charge >= 0.3 is 5.97 Å². The second-order valence-corrected chi connectivity index (χ2v) is 7.71. The lowest BCUT2D eigenvalue weighted by molar-refractivity contribution is -0.154. The summed E-state index contributed by atoms with van der Waals surface area (Å²) in [5.74, 6) is 0.0557. The van der Waals surface area contributed by atoms with Gasteiger partial charge in [0.2, 0.25) is 0 Å². The second kappa shape index (κ2) is 4.99. The second-order valence-electron chi connectivity index (χ2n) is 7.71. The Kier molecular flexibility index (Phi) is 3.57. The van der Waals surface area contributed by atoms with E-state index in [1.165, 1.54) is 25.9 Å². The highest BCUT2D eigenvalue weighted by Crippen LogP contribution is 2.46. The van der Waals surface area contributed by atoms with Gasteiger partial charge in [0.1, 0.15) is 5.60 Å². The van der Waals surface area contributed by atoms with Crippen molar-refractivity contribution in [1.82, 2.24) is 9.80 Å². The van der Waals surface area contributed by atoms with Crippen molar-refractivity contribution < 1.29 is 9.53 Å². The average molecular weight is 280 g/mol. The van der Waals surface area contributed by atoms with Crippen molar-refractivity contribution in [3.8, 4) is 0 Å². The van der Waals surface area contributed by atoms with Crippen LogP contribution in [0.4, 0.5) is 0 Å². The number of hydrogen-bond acceptors (Lipinski definition) is 4. The summed E-state index contributed by atoms with van der Waals surface area (Å²) >= 11 is 0. The zero-order chi connectivity index (χ0) is 14.4. The van der Waals surface area contributed by atoms with E-state index in [9.17, 15) is 4.79 Å². The van der Waals surface area contributed by atoms with Gasteiger partial charge in [-0.3, -0.25) is 9.69 Å². The SMILES string of the molecule is CN1CCC(N2CCCC3(C2)CC(C)(C)OC3=O)CC1. The van der Waals surface area contributed by atoms with Crippen molar-refractivity contribution in [2.45, 2.75) is 57.6 Å². The van der Waals surface area contributed by atoms with Crippen LogP contribution in [-0.4, -0.2) is 60.6 Å². The Morgan fingerprint density at radius 1 is 1.20 bits per heavy atom. The van der Waals surface area contributed by atoms with Crippen LogP contribution in [0.2, 0.25) is 0 Å². The fraction of sp³-hybridized carbons (Fsp3) is 0.938. The predicted molar refractivity (Wildman–Crippen MR) is 78.5 cm³/mol. The van der Waals surface area contributed by atoms with Crippen LogP contribution in [0.15, 0.2) is 0 Å². The molecule has 3 fully saturated rings. The highest BCUT2D eigenvalue weighted by atomic mass is 16.6. The van der Waals surface area contributed by atoms with Crippen LogP contribution < -0.4 is 0 Å². The Morgan fingerprint density at radius 3 is 2.50 bits per heavy atom. The number of esters is 1. The van der Waals surface area contributed by atoms with Gasteiger partial charge in [0.05, 0.1) is 5.41 Å². The minimum absolute atomic E-state index is 0.0557. The molecule has 0 aromatic heterocycles. The van der Waals surface area contributed by atoms with E-state index in [1.807, 2.05) is 13.8 Å². The van der Waals surface area contributed by atoms with Crippen LogP contribution in [0.25, 0.3) is 0 Å². The highest BCUT2D eigenvalue weighted by Gasteiger charge is 2.54. The summed E-state index contributed by atoms with van der Waals surface area (Å²) in [4.78, 5) is 17.4. The van der Waals surface area contributed by atoms with Crippen molar-refractivity contribution in [3.05, 3.63) is 0 Å². The van der Waals surface area contributed by atoms with Gasteiger partial charge in [-0.1, -0.05) is 0 Å². The topological polar surface area (TPSA) is 32.8 Å². The third kappa shape index (κ3) is 2.60. The van der Waals surface area contributed by atoms with Crippen LogP contribution in [0.5, 0.6) is 0 Å². The maximum Gasteiger partial charge on any atom is 0.314 e. The van der Waals surface area contributed by atoms with Gasteiger partial charge in [-0.15, -0.1) is 0 Å². The molecule has 1 atom stereocenters. The van der Waals surface area contributed by atoms with Gasteiger partial charge < -0.3 is 9.64 Å². The molecular weight excluding hydrogens is 252 g/mol. The maximum absolute atomic E-state index is 12.4. The Labute approximate surface area is 122 Å². The molecule has 4 heteroatoms. The minimum atomic E-state index is -0.271.